The number of nitrogens with one attached hydrogen (secondary N) is 1. The van der Waals surface area contributed by atoms with E-state index in [2.05, 4.69) is 15.3 Å². The first kappa shape index (κ1) is 9.72. The number of piperidine rings is 1. The molecule has 0 radical (unpaired) electrons. The summed E-state index contributed by atoms with van der Waals surface area (Å²) in [5, 5.41) is 12.2. The molecule has 2 N–H and O–H groups in total. The zero-order valence-corrected chi connectivity index (χ0v) is 8.81. The van der Waals surface area contributed by atoms with Crippen LogP contribution in [0.3, 0.4) is 0 Å². The van der Waals surface area contributed by atoms with Gasteiger partial charge in [0.05, 0.1) is 0 Å². The predicted molar refractivity (Wildman–Crippen MR) is 56.3 cm³/mol. The number of hydrogen-bond donors (Lipinski definition) is 2. The second kappa shape index (κ2) is 3.25. The van der Waals surface area contributed by atoms with Crippen LogP contribution in [0, 0.1) is 5.92 Å². The Hall–Kier alpha value is -1.49. The van der Waals surface area contributed by atoms with Crippen molar-refractivity contribution in [3.8, 4) is 0 Å². The topological polar surface area (TPSA) is 75.1 Å². The van der Waals surface area contributed by atoms with Gasteiger partial charge in [-0.1, -0.05) is 0 Å². The number of fused-ring (bicyclic) bond motifs is 1. The molecule has 0 aromatic carbocycles. The van der Waals surface area contributed by atoms with Gasteiger partial charge in [-0.3, -0.25) is 0 Å². The average Bonchev–Trinajstić information content (AvgIpc) is 3.05. The van der Waals surface area contributed by atoms with Gasteiger partial charge < -0.3 is 10.4 Å². The van der Waals surface area contributed by atoms with Crippen LogP contribution in [0.15, 0.2) is 12.3 Å². The zero-order valence-electron chi connectivity index (χ0n) is 8.81. The summed E-state index contributed by atoms with van der Waals surface area (Å²) in [6.45, 7) is 1.92. The lowest BCUT2D eigenvalue weighted by molar-refractivity contribution is 0.0689. The molecule has 2 unspecified atom stereocenters. The average molecular weight is 219 g/mol. The Kier molecular flexibility index (Phi) is 1.97. The van der Waals surface area contributed by atoms with Crippen LogP contribution in [0.5, 0.6) is 0 Å². The third-order valence-corrected chi connectivity index (χ3v) is 3.66. The Morgan fingerprint density at radius 1 is 1.62 bits per heavy atom. The van der Waals surface area contributed by atoms with E-state index in [0.717, 1.165) is 25.9 Å². The van der Waals surface area contributed by atoms with E-state index in [1.165, 1.54) is 6.07 Å². The van der Waals surface area contributed by atoms with Gasteiger partial charge in [-0.25, -0.2) is 14.8 Å². The van der Waals surface area contributed by atoms with Crippen LogP contribution in [0.4, 0.5) is 0 Å². The molecule has 0 bridgehead atoms. The summed E-state index contributed by atoms with van der Waals surface area (Å²) < 4.78 is 0. The van der Waals surface area contributed by atoms with Crippen molar-refractivity contribution in [2.75, 3.05) is 13.1 Å². The highest BCUT2D eigenvalue weighted by Gasteiger charge is 2.58. The second-order valence-electron chi connectivity index (χ2n) is 4.59. The molecular formula is C11H13N3O2. The van der Waals surface area contributed by atoms with Gasteiger partial charge in [-0.15, -0.1) is 0 Å². The molecule has 3 rings (SSSR count). The van der Waals surface area contributed by atoms with Gasteiger partial charge in [0.25, 0.3) is 0 Å². The van der Waals surface area contributed by atoms with E-state index in [4.69, 9.17) is 5.11 Å². The van der Waals surface area contributed by atoms with Crippen LogP contribution >= 0.6 is 0 Å². The first-order chi connectivity index (χ1) is 7.72. The summed E-state index contributed by atoms with van der Waals surface area (Å²) in [5.74, 6) is 0.350. The molecule has 5 heteroatoms. The Bertz CT molecular complexity index is 449. The van der Waals surface area contributed by atoms with Crippen LogP contribution in [0.25, 0.3) is 0 Å². The molecule has 1 saturated heterocycles. The Labute approximate surface area is 92.9 Å². The SMILES string of the molecule is O=C(O)c1ccnc(C23CNCCC2C3)n1. The highest BCUT2D eigenvalue weighted by molar-refractivity contribution is 5.85. The van der Waals surface area contributed by atoms with E-state index in [1.807, 2.05) is 0 Å². The van der Waals surface area contributed by atoms with E-state index in [9.17, 15) is 4.79 Å². The van der Waals surface area contributed by atoms with Crippen LogP contribution in [0.2, 0.25) is 0 Å². The van der Waals surface area contributed by atoms with Gasteiger partial charge in [0.15, 0.2) is 5.69 Å². The molecule has 0 spiro atoms. The molecule has 1 saturated carbocycles. The van der Waals surface area contributed by atoms with Crippen molar-refractivity contribution in [1.82, 2.24) is 15.3 Å². The first-order valence-corrected chi connectivity index (χ1v) is 5.50. The lowest BCUT2D eigenvalue weighted by Gasteiger charge is -2.21. The lowest BCUT2D eigenvalue weighted by atomic mass is 9.97. The van der Waals surface area contributed by atoms with Gasteiger partial charge in [0.1, 0.15) is 5.82 Å². The molecule has 5 nitrogen and oxygen atoms in total. The maximum Gasteiger partial charge on any atom is 0.354 e. The largest absolute Gasteiger partial charge is 0.477 e. The number of aromatic nitrogens is 2. The van der Waals surface area contributed by atoms with Crippen molar-refractivity contribution >= 4 is 5.97 Å². The molecule has 2 atom stereocenters. The zero-order chi connectivity index (χ0) is 11.2. The van der Waals surface area contributed by atoms with Gasteiger partial charge in [-0.2, -0.15) is 0 Å². The Balaban J connectivity index is 1.95. The molecule has 2 aliphatic rings. The highest BCUT2D eigenvalue weighted by Crippen LogP contribution is 2.55. The third kappa shape index (κ3) is 1.31. The minimum absolute atomic E-state index is 0.0176. The minimum atomic E-state index is -0.985. The summed E-state index contributed by atoms with van der Waals surface area (Å²) in [4.78, 5) is 19.3. The minimum Gasteiger partial charge on any atom is -0.477 e. The molecule has 2 heterocycles. The van der Waals surface area contributed by atoms with Crippen LogP contribution in [-0.4, -0.2) is 34.1 Å². The smallest absolute Gasteiger partial charge is 0.354 e. The van der Waals surface area contributed by atoms with Crippen molar-refractivity contribution in [2.24, 2.45) is 5.92 Å². The third-order valence-electron chi connectivity index (χ3n) is 3.66. The summed E-state index contributed by atoms with van der Waals surface area (Å²) in [5.41, 5.74) is 0.111. The highest BCUT2D eigenvalue weighted by atomic mass is 16.4. The molecule has 84 valence electrons. The van der Waals surface area contributed by atoms with E-state index in [0.29, 0.717) is 11.7 Å². The molecule has 1 aromatic heterocycles. The molecule has 1 aliphatic heterocycles. The maximum atomic E-state index is 10.8. The Morgan fingerprint density at radius 2 is 2.50 bits per heavy atom. The van der Waals surface area contributed by atoms with Gasteiger partial charge in [0, 0.05) is 18.2 Å². The number of hydrogen-bond acceptors (Lipinski definition) is 4. The summed E-state index contributed by atoms with van der Waals surface area (Å²) in [6, 6.07) is 1.44. The molecule has 0 amide bonds. The van der Waals surface area contributed by atoms with E-state index >= 15 is 0 Å². The van der Waals surface area contributed by atoms with Gasteiger partial charge in [0.2, 0.25) is 0 Å². The normalized spacial score (nSPS) is 31.9. The number of carbonyl (C=O) groups is 1. The van der Waals surface area contributed by atoms with Crippen molar-refractivity contribution in [1.29, 1.82) is 0 Å². The maximum absolute atomic E-state index is 10.8. The predicted octanol–water partition coefficient (Wildman–Crippen LogP) is 0.426. The van der Waals surface area contributed by atoms with Crippen LogP contribution in [0.1, 0.15) is 29.2 Å². The number of nitrogens with zero attached hydrogens (tertiary/aromatic N) is 2. The monoisotopic (exact) mass is 219 g/mol. The first-order valence-electron chi connectivity index (χ1n) is 5.50. The molecule has 16 heavy (non-hydrogen) atoms. The molecule has 2 fully saturated rings. The van der Waals surface area contributed by atoms with Crippen LogP contribution in [-0.2, 0) is 5.41 Å². The lowest BCUT2D eigenvalue weighted by Crippen LogP contribution is -2.35. The fraction of sp³-hybridized carbons (Fsp3) is 0.545. The Morgan fingerprint density at radius 3 is 3.25 bits per heavy atom. The van der Waals surface area contributed by atoms with Gasteiger partial charge >= 0.3 is 5.97 Å². The van der Waals surface area contributed by atoms with E-state index in [1.54, 1.807) is 6.20 Å². The fourth-order valence-corrected chi connectivity index (χ4v) is 2.63. The number of rotatable bonds is 2. The number of carboxylic acids is 1. The second-order valence-corrected chi connectivity index (χ2v) is 4.59. The number of aromatic carboxylic acids is 1. The van der Waals surface area contributed by atoms with E-state index in [-0.39, 0.29) is 11.1 Å². The molecule has 1 aliphatic carbocycles. The van der Waals surface area contributed by atoms with Crippen molar-refractivity contribution in [3.63, 3.8) is 0 Å². The van der Waals surface area contributed by atoms with Crippen molar-refractivity contribution in [2.45, 2.75) is 18.3 Å². The quantitative estimate of drug-likeness (QED) is 0.754. The summed E-state index contributed by atoms with van der Waals surface area (Å²) in [6.07, 6.45) is 3.77. The number of carboxylic acid groups (broad SMARTS) is 1. The van der Waals surface area contributed by atoms with E-state index < -0.39 is 5.97 Å². The van der Waals surface area contributed by atoms with Crippen molar-refractivity contribution in [3.05, 3.63) is 23.8 Å². The standard InChI is InChI=1S/C11H13N3O2/c15-9(16)8-2-4-13-10(14-8)11-5-7(11)1-3-12-6-11/h2,4,7,12H,1,3,5-6H2,(H,15,16). The summed E-state index contributed by atoms with van der Waals surface area (Å²) in [7, 11) is 0. The van der Waals surface area contributed by atoms with Gasteiger partial charge in [-0.05, 0) is 31.4 Å². The van der Waals surface area contributed by atoms with Crippen molar-refractivity contribution < 1.29 is 9.90 Å². The van der Waals surface area contributed by atoms with Crippen LogP contribution < -0.4 is 5.32 Å². The molecular weight excluding hydrogens is 206 g/mol. The summed E-state index contributed by atoms with van der Waals surface area (Å²) >= 11 is 0. The molecule has 1 aromatic rings. The fourth-order valence-electron chi connectivity index (χ4n) is 2.63.